The number of aromatic nitrogens is 4. The predicted molar refractivity (Wildman–Crippen MR) is 110 cm³/mol. The first-order chi connectivity index (χ1) is 14.5. The first-order valence-corrected chi connectivity index (χ1v) is 9.61. The second kappa shape index (κ2) is 8.64. The molecule has 0 aliphatic rings. The van der Waals surface area contributed by atoms with Crippen LogP contribution in [0.25, 0.3) is 17.0 Å². The Morgan fingerprint density at radius 1 is 1.07 bits per heavy atom. The molecule has 1 N–H and O–H groups in total. The third kappa shape index (κ3) is 4.34. The van der Waals surface area contributed by atoms with Gasteiger partial charge in [0.25, 0.3) is 5.91 Å². The number of carbonyl (C=O) groups excluding carboxylic acids is 1. The van der Waals surface area contributed by atoms with Crippen LogP contribution in [0.5, 0.6) is 5.88 Å². The minimum absolute atomic E-state index is 0.184. The van der Waals surface area contributed by atoms with Crippen molar-refractivity contribution in [1.82, 2.24) is 25.1 Å². The molecule has 0 atom stereocenters. The fourth-order valence-electron chi connectivity index (χ4n) is 2.72. The van der Waals surface area contributed by atoms with Crippen molar-refractivity contribution < 1.29 is 13.9 Å². The van der Waals surface area contributed by atoms with Gasteiger partial charge in [0.05, 0.1) is 16.6 Å². The molecule has 10 heteroatoms. The molecule has 7 nitrogen and oxygen atoms in total. The second-order valence-electron chi connectivity index (χ2n) is 6.21. The number of hydrogen-bond acceptors (Lipinski definition) is 5. The molecule has 0 aliphatic carbocycles. The number of nitrogens with one attached hydrogen (secondary N) is 1. The largest absolute Gasteiger partial charge is 0.475 e. The van der Waals surface area contributed by atoms with Crippen LogP contribution in [0.15, 0.2) is 54.6 Å². The number of ether oxygens (including phenoxy) is 1. The minimum atomic E-state index is -0.380. The van der Waals surface area contributed by atoms with E-state index in [0.717, 1.165) is 0 Å². The van der Waals surface area contributed by atoms with Crippen LogP contribution in [0, 0.1) is 5.82 Å². The molecule has 0 saturated carbocycles. The van der Waals surface area contributed by atoms with Crippen LogP contribution >= 0.6 is 23.2 Å². The molecule has 0 radical (unpaired) electrons. The summed E-state index contributed by atoms with van der Waals surface area (Å²) >= 11 is 11.8. The second-order valence-corrected chi connectivity index (χ2v) is 7.02. The van der Waals surface area contributed by atoms with Gasteiger partial charge in [0, 0.05) is 17.2 Å². The maximum Gasteiger partial charge on any atom is 0.251 e. The molecule has 2 heterocycles. The standard InChI is InChI=1S/C20H14Cl2FN5O2/c21-15-5-4-13(11-16(15)22)20(29)24-8-9-30-18-7-6-17-25-26-19(28(17)27-18)12-2-1-3-14(23)10-12/h1-7,10-11H,8-9H2,(H,24,29). The van der Waals surface area contributed by atoms with E-state index in [1.54, 1.807) is 36.4 Å². The Kier molecular flexibility index (Phi) is 5.78. The van der Waals surface area contributed by atoms with Gasteiger partial charge >= 0.3 is 0 Å². The molecule has 0 spiro atoms. The Labute approximate surface area is 180 Å². The summed E-state index contributed by atoms with van der Waals surface area (Å²) < 4.78 is 20.6. The fourth-order valence-corrected chi connectivity index (χ4v) is 3.01. The summed E-state index contributed by atoms with van der Waals surface area (Å²) in [4.78, 5) is 12.2. The van der Waals surface area contributed by atoms with Gasteiger partial charge in [-0.2, -0.15) is 4.52 Å². The monoisotopic (exact) mass is 445 g/mol. The molecule has 0 saturated heterocycles. The minimum Gasteiger partial charge on any atom is -0.475 e. The van der Waals surface area contributed by atoms with E-state index in [0.29, 0.717) is 38.5 Å². The highest BCUT2D eigenvalue weighted by Gasteiger charge is 2.12. The van der Waals surface area contributed by atoms with Crippen LogP contribution in [0.2, 0.25) is 10.0 Å². The molecule has 1 amide bonds. The van der Waals surface area contributed by atoms with Crippen molar-refractivity contribution in [3.8, 4) is 17.3 Å². The summed E-state index contributed by atoms with van der Waals surface area (Å²) in [6.07, 6.45) is 0. The van der Waals surface area contributed by atoms with E-state index in [1.807, 2.05) is 0 Å². The molecule has 0 bridgehead atoms. The Morgan fingerprint density at radius 2 is 1.93 bits per heavy atom. The van der Waals surface area contributed by atoms with Crippen molar-refractivity contribution in [2.75, 3.05) is 13.2 Å². The number of rotatable bonds is 6. The van der Waals surface area contributed by atoms with Gasteiger partial charge in [-0.15, -0.1) is 15.3 Å². The molecular formula is C20H14Cl2FN5O2. The molecule has 2 aromatic carbocycles. The quantitative estimate of drug-likeness (QED) is 0.452. The van der Waals surface area contributed by atoms with E-state index >= 15 is 0 Å². The number of benzene rings is 2. The molecule has 152 valence electrons. The smallest absolute Gasteiger partial charge is 0.251 e. The van der Waals surface area contributed by atoms with E-state index in [2.05, 4.69) is 20.6 Å². The molecule has 0 fully saturated rings. The lowest BCUT2D eigenvalue weighted by molar-refractivity contribution is 0.0946. The average molecular weight is 446 g/mol. The van der Waals surface area contributed by atoms with Gasteiger partial charge in [-0.05, 0) is 36.4 Å². The van der Waals surface area contributed by atoms with Gasteiger partial charge in [-0.25, -0.2) is 4.39 Å². The predicted octanol–water partition coefficient (Wildman–Crippen LogP) is 4.05. The van der Waals surface area contributed by atoms with E-state index in [1.165, 1.54) is 22.7 Å². The summed E-state index contributed by atoms with van der Waals surface area (Å²) in [7, 11) is 0. The molecule has 0 aliphatic heterocycles. The topological polar surface area (TPSA) is 81.4 Å². The van der Waals surface area contributed by atoms with Gasteiger partial charge in [-0.1, -0.05) is 35.3 Å². The maximum atomic E-state index is 13.5. The summed E-state index contributed by atoms with van der Waals surface area (Å²) in [6, 6.07) is 14.0. The molecule has 4 aromatic rings. The van der Waals surface area contributed by atoms with Crippen LogP contribution in [0.1, 0.15) is 10.4 Å². The van der Waals surface area contributed by atoms with E-state index in [9.17, 15) is 9.18 Å². The molecule has 4 rings (SSSR count). The fraction of sp³-hybridized carbons (Fsp3) is 0.100. The Bertz CT molecular complexity index is 1230. The van der Waals surface area contributed by atoms with E-state index in [4.69, 9.17) is 27.9 Å². The Balaban J connectivity index is 1.40. The maximum absolute atomic E-state index is 13.5. The normalized spacial score (nSPS) is 10.9. The van der Waals surface area contributed by atoms with Crippen LogP contribution in [-0.2, 0) is 0 Å². The lowest BCUT2D eigenvalue weighted by Crippen LogP contribution is -2.28. The summed E-state index contributed by atoms with van der Waals surface area (Å²) in [5.74, 6) is 0.0220. The number of carbonyl (C=O) groups is 1. The van der Waals surface area contributed by atoms with Crippen molar-refractivity contribution in [3.05, 3.63) is 76.0 Å². The number of halogens is 3. The van der Waals surface area contributed by atoms with Crippen LogP contribution < -0.4 is 10.1 Å². The molecule has 30 heavy (non-hydrogen) atoms. The Morgan fingerprint density at radius 3 is 2.73 bits per heavy atom. The first kappa shape index (κ1) is 20.1. The van der Waals surface area contributed by atoms with E-state index < -0.39 is 0 Å². The average Bonchev–Trinajstić information content (AvgIpc) is 3.16. The van der Waals surface area contributed by atoms with Gasteiger partial charge in [0.15, 0.2) is 11.5 Å². The van der Waals surface area contributed by atoms with Gasteiger partial charge in [-0.3, -0.25) is 4.79 Å². The number of amides is 1. The number of nitrogens with zero attached hydrogens (tertiary/aromatic N) is 4. The first-order valence-electron chi connectivity index (χ1n) is 8.86. The van der Waals surface area contributed by atoms with Gasteiger partial charge in [0.2, 0.25) is 5.88 Å². The van der Waals surface area contributed by atoms with Gasteiger partial charge in [0.1, 0.15) is 12.4 Å². The van der Waals surface area contributed by atoms with Crippen molar-refractivity contribution >= 4 is 34.8 Å². The summed E-state index contributed by atoms with van der Waals surface area (Å²) in [5, 5.41) is 15.8. The third-order valence-electron chi connectivity index (χ3n) is 4.14. The van der Waals surface area contributed by atoms with Gasteiger partial charge < -0.3 is 10.1 Å². The SMILES string of the molecule is O=C(NCCOc1ccc2nnc(-c3cccc(F)c3)n2n1)c1ccc(Cl)c(Cl)c1. The third-order valence-corrected chi connectivity index (χ3v) is 4.88. The molecule has 2 aromatic heterocycles. The van der Waals surface area contributed by atoms with Crippen LogP contribution in [-0.4, -0.2) is 38.9 Å². The lowest BCUT2D eigenvalue weighted by atomic mass is 10.2. The number of fused-ring (bicyclic) bond motifs is 1. The zero-order valence-electron chi connectivity index (χ0n) is 15.3. The molecule has 0 unspecified atom stereocenters. The highest BCUT2D eigenvalue weighted by atomic mass is 35.5. The highest BCUT2D eigenvalue weighted by Crippen LogP contribution is 2.22. The summed E-state index contributed by atoms with van der Waals surface area (Å²) in [6.45, 7) is 0.431. The zero-order chi connectivity index (χ0) is 21.1. The van der Waals surface area contributed by atoms with Crippen LogP contribution in [0.3, 0.4) is 0 Å². The van der Waals surface area contributed by atoms with Crippen molar-refractivity contribution in [2.24, 2.45) is 0 Å². The zero-order valence-corrected chi connectivity index (χ0v) is 16.9. The Hall–Kier alpha value is -3.23. The molecular weight excluding hydrogens is 432 g/mol. The van der Waals surface area contributed by atoms with Crippen molar-refractivity contribution in [3.63, 3.8) is 0 Å². The van der Waals surface area contributed by atoms with Crippen molar-refractivity contribution in [1.29, 1.82) is 0 Å². The van der Waals surface area contributed by atoms with Crippen LogP contribution in [0.4, 0.5) is 4.39 Å². The number of hydrogen-bond donors (Lipinski definition) is 1. The highest BCUT2D eigenvalue weighted by molar-refractivity contribution is 6.42. The van der Waals surface area contributed by atoms with Crippen molar-refractivity contribution in [2.45, 2.75) is 0 Å². The summed E-state index contributed by atoms with van der Waals surface area (Å²) in [5.41, 5.74) is 1.43. The van der Waals surface area contributed by atoms with E-state index in [-0.39, 0.29) is 24.9 Å². The lowest BCUT2D eigenvalue weighted by Gasteiger charge is -2.08.